The van der Waals surface area contributed by atoms with E-state index in [4.69, 9.17) is 23.2 Å². The molecule has 9 heteroatoms. The van der Waals surface area contributed by atoms with Crippen LogP contribution in [0.2, 0.25) is 10.0 Å². The molecule has 0 aliphatic carbocycles. The van der Waals surface area contributed by atoms with Gasteiger partial charge in [0.1, 0.15) is 11.8 Å². The molecule has 1 aromatic carbocycles. The topological polar surface area (TPSA) is 58.7 Å². The first-order chi connectivity index (χ1) is 13.2. The summed E-state index contributed by atoms with van der Waals surface area (Å²) in [5.74, 6) is -0.350. The van der Waals surface area contributed by atoms with E-state index in [1.165, 1.54) is 16.8 Å². The molecule has 3 rings (SSSR count). The molecule has 0 saturated carbocycles. The maximum Gasteiger partial charge on any atom is 0.417 e. The van der Waals surface area contributed by atoms with Gasteiger partial charge in [-0.05, 0) is 29.8 Å². The van der Waals surface area contributed by atoms with Crippen LogP contribution in [0.3, 0.4) is 0 Å². The number of alkyl halides is 3. The van der Waals surface area contributed by atoms with Crippen molar-refractivity contribution in [3.05, 3.63) is 81.2 Å². The van der Waals surface area contributed by atoms with E-state index in [0.29, 0.717) is 11.2 Å². The quantitative estimate of drug-likeness (QED) is 0.520. The lowest BCUT2D eigenvalue weighted by Gasteiger charge is -2.10. The highest BCUT2D eigenvalue weighted by Gasteiger charge is 2.32. The standard InChI is InChI=1S/C19H10Cl2F3N3O/c20-14-3-1-11(2-4-14)5-17(28)12-6-15(8-25)27(10-12)18-16(21)7-13(9-26-18)19(22,23)24/h1-4,6-7,9-10H,5H2. The van der Waals surface area contributed by atoms with Crippen LogP contribution < -0.4 is 0 Å². The summed E-state index contributed by atoms with van der Waals surface area (Å²) in [6.45, 7) is 0. The summed E-state index contributed by atoms with van der Waals surface area (Å²) >= 11 is 11.8. The van der Waals surface area contributed by atoms with Crippen LogP contribution in [-0.4, -0.2) is 15.3 Å². The number of hydrogen-bond donors (Lipinski definition) is 0. The van der Waals surface area contributed by atoms with Crippen LogP contribution in [0.15, 0.2) is 48.8 Å². The molecule has 0 N–H and O–H groups in total. The molecular weight excluding hydrogens is 414 g/mol. The fourth-order valence-corrected chi connectivity index (χ4v) is 2.91. The van der Waals surface area contributed by atoms with Crippen LogP contribution in [0.5, 0.6) is 0 Å². The Bertz CT molecular complexity index is 1080. The molecule has 2 aromatic heterocycles. The van der Waals surface area contributed by atoms with Crippen molar-refractivity contribution in [2.75, 3.05) is 0 Å². The van der Waals surface area contributed by atoms with Crippen molar-refractivity contribution in [3.8, 4) is 11.9 Å². The van der Waals surface area contributed by atoms with Gasteiger partial charge in [-0.25, -0.2) is 4.98 Å². The maximum atomic E-state index is 12.8. The highest BCUT2D eigenvalue weighted by molar-refractivity contribution is 6.32. The number of Topliss-reactive ketones (excluding diaryl/α,β-unsaturated/α-hetero) is 1. The minimum absolute atomic E-state index is 0.0219. The summed E-state index contributed by atoms with van der Waals surface area (Å²) in [7, 11) is 0. The second-order valence-electron chi connectivity index (χ2n) is 5.85. The Labute approximate surface area is 167 Å². The predicted molar refractivity (Wildman–Crippen MR) is 97.8 cm³/mol. The molecule has 0 amide bonds. The molecular formula is C19H10Cl2F3N3O. The molecule has 28 heavy (non-hydrogen) atoms. The molecule has 0 unspecified atom stereocenters. The van der Waals surface area contributed by atoms with E-state index >= 15 is 0 Å². The van der Waals surface area contributed by atoms with E-state index < -0.39 is 11.7 Å². The van der Waals surface area contributed by atoms with Crippen molar-refractivity contribution in [1.29, 1.82) is 5.26 Å². The van der Waals surface area contributed by atoms with Crippen molar-refractivity contribution < 1.29 is 18.0 Å². The van der Waals surface area contributed by atoms with Crippen LogP contribution in [0.25, 0.3) is 5.82 Å². The van der Waals surface area contributed by atoms with E-state index in [0.717, 1.165) is 11.6 Å². The van der Waals surface area contributed by atoms with Crippen molar-refractivity contribution in [3.63, 3.8) is 0 Å². The van der Waals surface area contributed by atoms with Gasteiger partial charge in [-0.1, -0.05) is 35.3 Å². The summed E-state index contributed by atoms with van der Waals surface area (Å²) in [4.78, 5) is 16.2. The molecule has 3 aromatic rings. The average molecular weight is 424 g/mol. The molecule has 0 radical (unpaired) electrons. The molecule has 142 valence electrons. The monoisotopic (exact) mass is 423 g/mol. The van der Waals surface area contributed by atoms with Crippen molar-refractivity contribution in [2.24, 2.45) is 0 Å². The normalized spacial score (nSPS) is 11.3. The third-order valence-electron chi connectivity index (χ3n) is 3.91. The molecule has 0 aliphatic heterocycles. The number of carbonyl (C=O) groups excluding carboxylic acids is 1. The first-order valence-electron chi connectivity index (χ1n) is 7.82. The number of rotatable bonds is 4. The number of benzene rings is 1. The van der Waals surface area contributed by atoms with Gasteiger partial charge >= 0.3 is 6.18 Å². The lowest BCUT2D eigenvalue weighted by molar-refractivity contribution is -0.137. The Morgan fingerprint density at radius 3 is 2.43 bits per heavy atom. The van der Waals surface area contributed by atoms with E-state index in [2.05, 4.69) is 4.98 Å². The fourth-order valence-electron chi connectivity index (χ4n) is 2.53. The fraction of sp³-hybridized carbons (Fsp3) is 0.105. The Hall–Kier alpha value is -2.82. The maximum absolute atomic E-state index is 12.8. The third kappa shape index (κ3) is 4.19. The number of nitriles is 1. The van der Waals surface area contributed by atoms with Crippen LogP contribution >= 0.6 is 23.2 Å². The molecule has 4 nitrogen and oxygen atoms in total. The number of carbonyl (C=O) groups is 1. The number of aromatic nitrogens is 2. The zero-order valence-electron chi connectivity index (χ0n) is 14.0. The summed E-state index contributed by atoms with van der Waals surface area (Å²) < 4.78 is 39.5. The van der Waals surface area contributed by atoms with E-state index in [1.54, 1.807) is 24.3 Å². The Kier molecular flexibility index (Phi) is 5.45. The van der Waals surface area contributed by atoms with Crippen molar-refractivity contribution >= 4 is 29.0 Å². The summed E-state index contributed by atoms with van der Waals surface area (Å²) in [6, 6.07) is 10.7. The third-order valence-corrected chi connectivity index (χ3v) is 4.44. The lowest BCUT2D eigenvalue weighted by Crippen LogP contribution is -2.08. The molecule has 0 bridgehead atoms. The Morgan fingerprint density at radius 1 is 1.18 bits per heavy atom. The lowest BCUT2D eigenvalue weighted by atomic mass is 10.1. The van der Waals surface area contributed by atoms with Gasteiger partial charge in [-0.3, -0.25) is 9.36 Å². The molecule has 0 saturated heterocycles. The van der Waals surface area contributed by atoms with E-state index in [9.17, 15) is 23.2 Å². The molecule has 2 heterocycles. The first-order valence-corrected chi connectivity index (χ1v) is 8.58. The minimum Gasteiger partial charge on any atom is -0.294 e. The summed E-state index contributed by atoms with van der Waals surface area (Å²) in [5, 5.41) is 9.57. The van der Waals surface area contributed by atoms with Gasteiger partial charge < -0.3 is 0 Å². The number of hydrogen-bond acceptors (Lipinski definition) is 3. The number of nitrogens with zero attached hydrogens (tertiary/aromatic N) is 3. The average Bonchev–Trinajstić information content (AvgIpc) is 3.07. The zero-order valence-corrected chi connectivity index (χ0v) is 15.5. The molecule has 0 atom stereocenters. The predicted octanol–water partition coefficient (Wildman–Crippen LogP) is 5.49. The van der Waals surface area contributed by atoms with Crippen molar-refractivity contribution in [1.82, 2.24) is 9.55 Å². The SMILES string of the molecule is N#Cc1cc(C(=O)Cc2ccc(Cl)cc2)cn1-c1ncc(C(F)(F)F)cc1Cl. The van der Waals surface area contributed by atoms with Gasteiger partial charge in [0.25, 0.3) is 0 Å². The van der Waals surface area contributed by atoms with Crippen LogP contribution in [0.4, 0.5) is 13.2 Å². The van der Waals surface area contributed by atoms with Crippen LogP contribution in [0.1, 0.15) is 27.2 Å². The Morgan fingerprint density at radius 2 is 1.86 bits per heavy atom. The van der Waals surface area contributed by atoms with E-state index in [1.807, 2.05) is 6.07 Å². The van der Waals surface area contributed by atoms with Gasteiger partial charge in [0.05, 0.1) is 10.6 Å². The van der Waals surface area contributed by atoms with Gasteiger partial charge in [0.15, 0.2) is 11.6 Å². The molecule has 0 spiro atoms. The largest absolute Gasteiger partial charge is 0.417 e. The minimum atomic E-state index is -4.59. The van der Waals surface area contributed by atoms with Crippen LogP contribution in [0, 0.1) is 11.3 Å². The van der Waals surface area contributed by atoms with Gasteiger partial charge in [0.2, 0.25) is 0 Å². The summed E-state index contributed by atoms with van der Waals surface area (Å²) in [6.07, 6.45) is -2.57. The second-order valence-corrected chi connectivity index (χ2v) is 6.69. The number of pyridine rings is 1. The van der Waals surface area contributed by atoms with E-state index in [-0.39, 0.29) is 34.3 Å². The van der Waals surface area contributed by atoms with Gasteiger partial charge in [0, 0.05) is 29.4 Å². The zero-order chi connectivity index (χ0) is 20.5. The van der Waals surface area contributed by atoms with Gasteiger partial charge in [-0.2, -0.15) is 18.4 Å². The second kappa shape index (κ2) is 7.66. The first kappa shape index (κ1) is 19.9. The smallest absolute Gasteiger partial charge is 0.294 e. The van der Waals surface area contributed by atoms with Gasteiger partial charge in [-0.15, -0.1) is 0 Å². The summed E-state index contributed by atoms with van der Waals surface area (Å²) in [5.41, 5.74) is -0.0461. The van der Waals surface area contributed by atoms with Crippen molar-refractivity contribution in [2.45, 2.75) is 12.6 Å². The molecule has 0 fully saturated rings. The number of ketones is 1. The highest BCUT2D eigenvalue weighted by Crippen LogP contribution is 2.32. The molecule has 0 aliphatic rings. The number of halogens is 5. The Balaban J connectivity index is 1.94. The van der Waals surface area contributed by atoms with Crippen LogP contribution in [-0.2, 0) is 12.6 Å². The highest BCUT2D eigenvalue weighted by atomic mass is 35.5.